The van der Waals surface area contributed by atoms with Gasteiger partial charge in [0.15, 0.2) is 0 Å². The van der Waals surface area contributed by atoms with E-state index in [9.17, 15) is 0 Å². The van der Waals surface area contributed by atoms with E-state index in [0.717, 1.165) is 33.9 Å². The summed E-state index contributed by atoms with van der Waals surface area (Å²) in [5.41, 5.74) is 14.4. The number of aromatic nitrogens is 2. The van der Waals surface area contributed by atoms with Crippen molar-refractivity contribution < 1.29 is 0 Å². The van der Waals surface area contributed by atoms with Crippen molar-refractivity contribution in [2.24, 2.45) is 0 Å². The average Bonchev–Trinajstić information content (AvgIpc) is 3.83. The summed E-state index contributed by atoms with van der Waals surface area (Å²) in [6.07, 6.45) is 6.49. The first kappa shape index (κ1) is 33.3. The van der Waals surface area contributed by atoms with Crippen molar-refractivity contribution in [1.29, 1.82) is 0 Å². The Labute approximate surface area is 336 Å². The van der Waals surface area contributed by atoms with Crippen molar-refractivity contribution in [3.63, 3.8) is 0 Å². The minimum Gasteiger partial charge on any atom is -0.368 e. The highest BCUT2D eigenvalue weighted by atomic mass is 32.1. The Morgan fingerprint density at radius 2 is 1.00 bits per heavy atom. The smallest absolute Gasteiger partial charge is 0.235 e. The van der Waals surface area contributed by atoms with Gasteiger partial charge in [-0.05, 0) is 88.1 Å². The zero-order valence-electron chi connectivity index (χ0n) is 31.2. The van der Waals surface area contributed by atoms with Gasteiger partial charge in [-0.1, -0.05) is 140 Å². The molecule has 1 unspecified atom stereocenters. The van der Waals surface area contributed by atoms with Gasteiger partial charge in [0.2, 0.25) is 5.95 Å². The fourth-order valence-corrected chi connectivity index (χ4v) is 9.51. The average molecular weight is 749 g/mol. The number of anilines is 2. The summed E-state index contributed by atoms with van der Waals surface area (Å²) in [7, 11) is 2.16. The molecule has 0 saturated carbocycles. The molecule has 1 atom stereocenters. The van der Waals surface area contributed by atoms with Crippen LogP contribution in [0.1, 0.15) is 11.6 Å². The summed E-state index contributed by atoms with van der Waals surface area (Å²) in [5, 5.41) is 2.62. The third-order valence-electron chi connectivity index (χ3n) is 11.3. The van der Waals surface area contributed by atoms with Gasteiger partial charge in [-0.3, -0.25) is 4.90 Å². The molecule has 11 rings (SSSR count). The van der Waals surface area contributed by atoms with E-state index >= 15 is 0 Å². The van der Waals surface area contributed by atoms with Crippen LogP contribution in [-0.2, 0) is 0 Å². The minimum absolute atomic E-state index is 0.0154. The molecular weight excluding hydrogens is 713 g/mol. The molecule has 0 spiro atoms. The fourth-order valence-electron chi connectivity index (χ4n) is 8.42. The van der Waals surface area contributed by atoms with Crippen LogP contribution in [0.15, 0.2) is 200 Å². The van der Waals surface area contributed by atoms with Gasteiger partial charge < -0.3 is 4.90 Å². The summed E-state index contributed by atoms with van der Waals surface area (Å²) in [5.74, 6) is 0.652. The van der Waals surface area contributed by atoms with Crippen molar-refractivity contribution in [2.75, 3.05) is 11.9 Å². The van der Waals surface area contributed by atoms with Gasteiger partial charge in [-0.2, -0.15) is 0 Å². The van der Waals surface area contributed by atoms with Crippen LogP contribution in [-0.4, -0.2) is 21.9 Å². The number of nitrogens with zero attached hydrogens (tertiary/aromatic N) is 4. The standard InChI is InChI=1S/C52H36N4S/c1-55-30-10-16-48-51(55)44-32-40(41-27-29-50-43(31-41)42-15-8-9-17-49(42)57-50)26-28-47(44)56(48)52-53-45(38-22-18-36(19-23-38)34-11-4-2-5-12-34)33-46(54-52)39-24-20-37(21-25-39)35-13-6-3-7-14-35/h2-33,51H,1H3. The van der Waals surface area contributed by atoms with Gasteiger partial charge in [0.25, 0.3) is 0 Å². The van der Waals surface area contributed by atoms with Crippen molar-refractivity contribution in [3.05, 3.63) is 206 Å². The normalized spacial score (nSPS) is 14.5. The van der Waals surface area contributed by atoms with Crippen LogP contribution in [0.4, 0.5) is 11.6 Å². The number of hydrogen-bond acceptors (Lipinski definition) is 5. The second-order valence-corrected chi connectivity index (χ2v) is 15.8. The molecular formula is C52H36N4S. The molecule has 0 bridgehead atoms. The van der Waals surface area contributed by atoms with Gasteiger partial charge in [-0.15, -0.1) is 11.3 Å². The number of allylic oxidation sites excluding steroid dienone is 2. The maximum Gasteiger partial charge on any atom is 0.235 e. The van der Waals surface area contributed by atoms with Crippen LogP contribution in [0.2, 0.25) is 0 Å². The quantitative estimate of drug-likeness (QED) is 0.169. The molecule has 0 N–H and O–H groups in total. The zero-order chi connectivity index (χ0) is 37.9. The summed E-state index contributed by atoms with van der Waals surface area (Å²) >= 11 is 1.85. The van der Waals surface area contributed by atoms with E-state index < -0.39 is 0 Å². The lowest BCUT2D eigenvalue weighted by atomic mass is 9.97. The van der Waals surface area contributed by atoms with Crippen molar-refractivity contribution >= 4 is 43.1 Å². The third kappa shape index (κ3) is 5.83. The lowest BCUT2D eigenvalue weighted by Crippen LogP contribution is -2.25. The predicted octanol–water partition coefficient (Wildman–Crippen LogP) is 13.7. The Morgan fingerprint density at radius 1 is 0.474 bits per heavy atom. The highest BCUT2D eigenvalue weighted by Crippen LogP contribution is 2.51. The lowest BCUT2D eigenvalue weighted by molar-refractivity contribution is 0.380. The first-order valence-corrected chi connectivity index (χ1v) is 20.1. The van der Waals surface area contributed by atoms with Crippen molar-refractivity contribution in [1.82, 2.24) is 14.9 Å². The SMILES string of the molecule is CN1C=CC=C2C1c1cc(-c3ccc4sc5ccccc5c4c3)ccc1N2c1nc(-c2ccc(-c3ccccc3)cc2)cc(-c2ccc(-c3ccccc3)cc2)n1. The summed E-state index contributed by atoms with van der Waals surface area (Å²) < 4.78 is 2.63. The molecule has 0 radical (unpaired) electrons. The Balaban J connectivity index is 1.04. The monoisotopic (exact) mass is 748 g/mol. The molecule has 2 aliphatic rings. The number of rotatable bonds is 6. The molecule has 7 aromatic carbocycles. The Kier molecular flexibility index (Phi) is 7.93. The second kappa shape index (κ2) is 13.6. The van der Waals surface area contributed by atoms with E-state index in [1.807, 2.05) is 11.3 Å². The number of hydrogen-bond donors (Lipinski definition) is 0. The molecule has 0 amide bonds. The highest BCUT2D eigenvalue weighted by molar-refractivity contribution is 7.25. The lowest BCUT2D eigenvalue weighted by Gasteiger charge is -2.29. The van der Waals surface area contributed by atoms with Gasteiger partial charge in [0.1, 0.15) is 0 Å². The molecule has 4 heterocycles. The van der Waals surface area contributed by atoms with Crippen LogP contribution < -0.4 is 4.90 Å². The van der Waals surface area contributed by atoms with Crippen LogP contribution >= 0.6 is 11.3 Å². The van der Waals surface area contributed by atoms with Crippen molar-refractivity contribution in [2.45, 2.75) is 6.04 Å². The maximum atomic E-state index is 5.36. The molecule has 0 fully saturated rings. The van der Waals surface area contributed by atoms with Crippen LogP contribution in [0.3, 0.4) is 0 Å². The van der Waals surface area contributed by atoms with Crippen LogP contribution in [0.25, 0.3) is 76.1 Å². The van der Waals surface area contributed by atoms with E-state index in [-0.39, 0.29) is 6.04 Å². The first-order chi connectivity index (χ1) is 28.1. The molecule has 5 heteroatoms. The second-order valence-electron chi connectivity index (χ2n) is 14.7. The molecule has 0 saturated heterocycles. The van der Waals surface area contributed by atoms with E-state index in [1.165, 1.54) is 59.1 Å². The number of likely N-dealkylation sites (N-methyl/N-ethyl adjacent to an activating group) is 1. The van der Waals surface area contributed by atoms with Crippen LogP contribution in [0, 0.1) is 0 Å². The molecule has 57 heavy (non-hydrogen) atoms. The fraction of sp³-hybridized carbons (Fsp3) is 0.0385. The van der Waals surface area contributed by atoms with Gasteiger partial charge >= 0.3 is 0 Å². The van der Waals surface area contributed by atoms with E-state index in [1.54, 1.807) is 0 Å². The Hall–Kier alpha value is -7.08. The predicted molar refractivity (Wildman–Crippen MR) is 238 cm³/mol. The molecule has 2 aliphatic heterocycles. The first-order valence-electron chi connectivity index (χ1n) is 19.3. The topological polar surface area (TPSA) is 32.3 Å². The largest absolute Gasteiger partial charge is 0.368 e. The van der Waals surface area contributed by atoms with Crippen molar-refractivity contribution in [3.8, 4) is 55.9 Å². The highest BCUT2D eigenvalue weighted by Gasteiger charge is 2.39. The number of benzene rings is 7. The molecule has 4 nitrogen and oxygen atoms in total. The number of fused-ring (bicyclic) bond motifs is 6. The molecule has 9 aromatic rings. The van der Waals surface area contributed by atoms with E-state index in [2.05, 4.69) is 211 Å². The van der Waals surface area contributed by atoms with Gasteiger partial charge in [-0.25, -0.2) is 9.97 Å². The van der Waals surface area contributed by atoms with Gasteiger partial charge in [0.05, 0.1) is 28.8 Å². The summed E-state index contributed by atoms with van der Waals surface area (Å²) in [6, 6.07) is 63.1. The maximum absolute atomic E-state index is 5.36. The molecule has 0 aliphatic carbocycles. The molecule has 270 valence electrons. The Morgan fingerprint density at radius 3 is 1.67 bits per heavy atom. The third-order valence-corrected chi connectivity index (χ3v) is 12.4. The van der Waals surface area contributed by atoms with E-state index in [4.69, 9.17) is 9.97 Å². The minimum atomic E-state index is 0.0154. The van der Waals surface area contributed by atoms with Crippen LogP contribution in [0.5, 0.6) is 0 Å². The Bertz CT molecular complexity index is 2920. The zero-order valence-corrected chi connectivity index (χ0v) is 32.1. The van der Waals surface area contributed by atoms with Gasteiger partial charge in [0, 0.05) is 43.9 Å². The summed E-state index contributed by atoms with van der Waals surface area (Å²) in [4.78, 5) is 15.3. The summed E-state index contributed by atoms with van der Waals surface area (Å²) in [6.45, 7) is 0. The molecule has 2 aromatic heterocycles. The van der Waals surface area contributed by atoms with E-state index in [0.29, 0.717) is 5.95 Å². The number of thiophene rings is 1.